The summed E-state index contributed by atoms with van der Waals surface area (Å²) in [6.07, 6.45) is 3.30. The Morgan fingerprint density at radius 1 is 1.46 bits per heavy atom. The molecule has 1 aromatic carbocycles. The molecule has 26 heavy (non-hydrogen) atoms. The second kappa shape index (κ2) is 6.78. The van der Waals surface area contributed by atoms with Crippen LogP contribution in [0.5, 0.6) is 0 Å². The lowest BCUT2D eigenvalue weighted by Crippen LogP contribution is -2.31. The predicted octanol–water partition coefficient (Wildman–Crippen LogP) is 3.80. The molecule has 0 aromatic heterocycles. The van der Waals surface area contributed by atoms with Crippen LogP contribution in [0.4, 0.5) is 13.2 Å². The molecule has 2 aliphatic rings. The molecule has 3 rings (SSSR count). The number of halogens is 3. The van der Waals surface area contributed by atoms with E-state index in [1.807, 2.05) is 0 Å². The van der Waals surface area contributed by atoms with E-state index < -0.39 is 17.7 Å². The first-order valence-electron chi connectivity index (χ1n) is 7.88. The van der Waals surface area contributed by atoms with Crippen LogP contribution >= 0.6 is 0 Å². The van der Waals surface area contributed by atoms with Gasteiger partial charge in [-0.2, -0.15) is 5.10 Å². The molecular formula is C18H16F3N3O2. The van der Waals surface area contributed by atoms with Crippen LogP contribution in [-0.2, 0) is 0 Å². The topological polar surface area (TPSA) is 65.3 Å². The third-order valence-corrected chi connectivity index (χ3v) is 4.37. The van der Waals surface area contributed by atoms with Crippen LogP contribution < -0.4 is 0 Å². The van der Waals surface area contributed by atoms with E-state index in [1.165, 1.54) is 29.3 Å². The Balaban J connectivity index is 1.80. The molecule has 0 bridgehead atoms. The molecule has 0 spiro atoms. The second-order valence-corrected chi connectivity index (χ2v) is 6.18. The Bertz CT molecular complexity index is 846. The van der Waals surface area contributed by atoms with E-state index in [1.54, 1.807) is 0 Å². The summed E-state index contributed by atoms with van der Waals surface area (Å²) in [5.41, 5.74) is 0.571. The minimum Gasteiger partial charge on any atom is -0.510 e. The summed E-state index contributed by atoms with van der Waals surface area (Å²) >= 11 is 0. The molecule has 1 atom stereocenters. The summed E-state index contributed by atoms with van der Waals surface area (Å²) in [5.74, 6) is -4.05. The number of aliphatic hydroxyl groups excluding tert-OH is 1. The van der Waals surface area contributed by atoms with Gasteiger partial charge in [-0.1, -0.05) is 12.1 Å². The van der Waals surface area contributed by atoms with Gasteiger partial charge in [0.05, 0.1) is 6.54 Å². The molecule has 1 aromatic rings. The minimum atomic E-state index is -2.70. The highest BCUT2D eigenvalue weighted by Crippen LogP contribution is 2.51. The van der Waals surface area contributed by atoms with Gasteiger partial charge >= 0.3 is 0 Å². The van der Waals surface area contributed by atoms with E-state index in [-0.39, 0.29) is 47.7 Å². The number of rotatable bonds is 5. The number of amidine groups is 1. The molecule has 8 heteroatoms. The number of benzene rings is 1. The van der Waals surface area contributed by atoms with Crippen molar-refractivity contribution in [2.75, 3.05) is 6.54 Å². The lowest BCUT2D eigenvalue weighted by molar-refractivity contribution is 0.0997. The molecule has 1 N–H and O–H groups in total. The monoisotopic (exact) mass is 363 g/mol. The maximum absolute atomic E-state index is 14.2. The molecule has 1 heterocycles. The standard InChI is InChI=1S/C18H16F3N3O2/c1-22-23-17(7-12-8-18(12,20)21)24-5-4-14(16(26)9-24)13-3-2-11(10-25)6-15(13)19/h2-6,10,12,26H,1,7-9H2/b23-17-. The van der Waals surface area contributed by atoms with Gasteiger partial charge < -0.3 is 10.0 Å². The van der Waals surface area contributed by atoms with Crippen molar-refractivity contribution in [1.82, 2.24) is 4.90 Å². The third kappa shape index (κ3) is 3.54. The van der Waals surface area contributed by atoms with E-state index in [2.05, 4.69) is 16.9 Å². The summed E-state index contributed by atoms with van der Waals surface area (Å²) in [7, 11) is 0. The molecule has 5 nitrogen and oxygen atoms in total. The van der Waals surface area contributed by atoms with Crippen LogP contribution in [-0.4, -0.2) is 41.3 Å². The number of aliphatic hydroxyl groups is 1. The second-order valence-electron chi connectivity index (χ2n) is 6.18. The highest BCUT2D eigenvalue weighted by Gasteiger charge is 2.57. The Hall–Kier alpha value is -2.90. The van der Waals surface area contributed by atoms with Gasteiger partial charge in [0.2, 0.25) is 0 Å². The van der Waals surface area contributed by atoms with E-state index in [0.717, 1.165) is 6.07 Å². The molecule has 1 saturated carbocycles. The molecule has 0 amide bonds. The number of carbonyl (C=O) groups excluding carboxylic acids is 1. The van der Waals surface area contributed by atoms with Gasteiger partial charge in [-0.05, 0) is 12.1 Å². The molecule has 1 unspecified atom stereocenters. The number of hydrogen-bond acceptors (Lipinski definition) is 4. The average Bonchev–Trinajstić information content (AvgIpc) is 3.21. The zero-order chi connectivity index (χ0) is 18.9. The maximum Gasteiger partial charge on any atom is 0.252 e. The quantitative estimate of drug-likeness (QED) is 0.375. The molecule has 0 saturated heterocycles. The first-order chi connectivity index (χ1) is 12.4. The van der Waals surface area contributed by atoms with Gasteiger partial charge in [0.15, 0.2) is 0 Å². The Labute approximate surface area is 147 Å². The Kier molecular flexibility index (Phi) is 4.67. The van der Waals surface area contributed by atoms with Crippen molar-refractivity contribution < 1.29 is 23.1 Å². The summed E-state index contributed by atoms with van der Waals surface area (Å²) in [6.45, 7) is 3.18. The van der Waals surface area contributed by atoms with Crippen molar-refractivity contribution in [2.24, 2.45) is 16.1 Å². The number of aldehydes is 1. The van der Waals surface area contributed by atoms with Crippen molar-refractivity contribution in [3.63, 3.8) is 0 Å². The zero-order valence-corrected chi connectivity index (χ0v) is 13.7. The largest absolute Gasteiger partial charge is 0.510 e. The van der Waals surface area contributed by atoms with Gasteiger partial charge in [-0.25, -0.2) is 13.2 Å². The van der Waals surface area contributed by atoms with Crippen molar-refractivity contribution >= 4 is 24.4 Å². The van der Waals surface area contributed by atoms with Crippen LogP contribution in [0, 0.1) is 11.7 Å². The van der Waals surface area contributed by atoms with Crippen LogP contribution in [0.2, 0.25) is 0 Å². The first kappa shape index (κ1) is 17.9. The van der Waals surface area contributed by atoms with Crippen molar-refractivity contribution in [3.05, 3.63) is 53.2 Å². The molecule has 1 aliphatic carbocycles. The predicted molar refractivity (Wildman–Crippen MR) is 91.8 cm³/mol. The number of carbonyl (C=O) groups is 1. The molecular weight excluding hydrogens is 347 g/mol. The smallest absolute Gasteiger partial charge is 0.252 e. The molecule has 1 fully saturated rings. The van der Waals surface area contributed by atoms with Crippen molar-refractivity contribution in [3.8, 4) is 0 Å². The third-order valence-electron chi connectivity index (χ3n) is 4.37. The molecule has 1 aliphatic heterocycles. The normalized spacial score (nSPS) is 21.7. The van der Waals surface area contributed by atoms with Gasteiger partial charge in [0.25, 0.3) is 5.92 Å². The van der Waals surface area contributed by atoms with Gasteiger partial charge in [-0.3, -0.25) is 4.79 Å². The summed E-state index contributed by atoms with van der Waals surface area (Å²) in [4.78, 5) is 12.2. The number of alkyl halides is 2. The summed E-state index contributed by atoms with van der Waals surface area (Å²) in [6, 6.07) is 3.91. The SMILES string of the molecule is C=N/N=C(/CC1CC1(F)F)N1C=CC(c2ccc(C=O)cc2F)=C(O)C1. The fraction of sp³-hybridized carbons (Fsp3) is 0.278. The maximum atomic E-state index is 14.2. The number of nitrogens with zero attached hydrogens (tertiary/aromatic N) is 3. The van der Waals surface area contributed by atoms with Crippen LogP contribution in [0.3, 0.4) is 0 Å². The van der Waals surface area contributed by atoms with Crippen LogP contribution in [0.15, 0.2) is 46.4 Å². The van der Waals surface area contributed by atoms with Crippen LogP contribution in [0.1, 0.15) is 28.8 Å². The van der Waals surface area contributed by atoms with Gasteiger partial charge in [0, 0.05) is 48.4 Å². The lowest BCUT2D eigenvalue weighted by Gasteiger charge is -2.26. The molecule has 0 radical (unpaired) electrons. The lowest BCUT2D eigenvalue weighted by atomic mass is 10.00. The van der Waals surface area contributed by atoms with E-state index in [0.29, 0.717) is 6.29 Å². The van der Waals surface area contributed by atoms with E-state index in [9.17, 15) is 23.1 Å². The average molecular weight is 363 g/mol. The van der Waals surface area contributed by atoms with Gasteiger partial charge in [0.1, 0.15) is 23.7 Å². The zero-order valence-electron chi connectivity index (χ0n) is 13.7. The van der Waals surface area contributed by atoms with Crippen molar-refractivity contribution in [1.29, 1.82) is 0 Å². The Morgan fingerprint density at radius 2 is 2.19 bits per heavy atom. The summed E-state index contributed by atoms with van der Waals surface area (Å²) < 4.78 is 40.5. The van der Waals surface area contributed by atoms with Crippen LogP contribution in [0.25, 0.3) is 5.57 Å². The van der Waals surface area contributed by atoms with Gasteiger partial charge in [-0.15, -0.1) is 5.10 Å². The first-order valence-corrected chi connectivity index (χ1v) is 7.88. The Morgan fingerprint density at radius 3 is 2.73 bits per heavy atom. The fourth-order valence-corrected chi connectivity index (χ4v) is 2.81. The van der Waals surface area contributed by atoms with E-state index in [4.69, 9.17) is 0 Å². The van der Waals surface area contributed by atoms with E-state index >= 15 is 0 Å². The number of allylic oxidation sites excluding steroid dienone is 2. The van der Waals surface area contributed by atoms with Crippen molar-refractivity contribution in [2.45, 2.75) is 18.8 Å². The highest BCUT2D eigenvalue weighted by molar-refractivity contribution is 5.87. The molecule has 136 valence electrons. The number of hydrogen-bond donors (Lipinski definition) is 1. The summed E-state index contributed by atoms with van der Waals surface area (Å²) in [5, 5.41) is 17.5. The highest BCUT2D eigenvalue weighted by atomic mass is 19.3. The fourth-order valence-electron chi connectivity index (χ4n) is 2.81. The minimum absolute atomic E-state index is 0.00136.